The maximum atomic E-state index is 12.1. The Morgan fingerprint density at radius 1 is 1.53 bits per heavy atom. The summed E-state index contributed by atoms with van der Waals surface area (Å²) in [5, 5.41) is 3.61. The molecule has 0 aliphatic carbocycles. The van der Waals surface area contributed by atoms with E-state index in [1.54, 1.807) is 29.1 Å². The fraction of sp³-hybridized carbons (Fsp3) is 0.286. The van der Waals surface area contributed by atoms with Crippen LogP contribution in [0, 0.1) is 12.8 Å². The molecule has 19 heavy (non-hydrogen) atoms. The van der Waals surface area contributed by atoms with Gasteiger partial charge in [-0.15, -0.1) is 11.3 Å². The molecule has 2 rings (SSSR count). The van der Waals surface area contributed by atoms with E-state index in [0.717, 1.165) is 16.1 Å². The Morgan fingerprint density at radius 2 is 2.32 bits per heavy atom. The molecule has 3 nitrogen and oxygen atoms in total. The minimum Gasteiger partial charge on any atom is -0.326 e. The number of rotatable bonds is 4. The van der Waals surface area contributed by atoms with Gasteiger partial charge in [-0.1, -0.05) is 18.5 Å². The average Bonchev–Trinajstić information content (AvgIpc) is 2.86. The first-order valence-electron chi connectivity index (χ1n) is 6.00. The Balaban J connectivity index is 1.98. The standard InChI is InChI=1S/C14H15ClN2OS/c1-9-5-11(3-4-13(9)15)17-14(18)10(2)6-12-7-16-8-19-12/h3-5,7-8,10H,6H2,1-2H3,(H,17,18)/t10-/m0/s1. The molecular weight excluding hydrogens is 280 g/mol. The molecule has 0 bridgehead atoms. The van der Waals surface area contributed by atoms with Crippen molar-refractivity contribution in [3.05, 3.63) is 45.4 Å². The number of nitrogens with zero attached hydrogens (tertiary/aromatic N) is 1. The number of hydrogen-bond donors (Lipinski definition) is 1. The SMILES string of the molecule is Cc1cc(NC(=O)[C@@H](C)Cc2cncs2)ccc1Cl. The Bertz CT molecular complexity index is 569. The van der Waals surface area contributed by atoms with E-state index in [-0.39, 0.29) is 11.8 Å². The molecule has 1 atom stereocenters. The van der Waals surface area contributed by atoms with Crippen molar-refractivity contribution < 1.29 is 4.79 Å². The summed E-state index contributed by atoms with van der Waals surface area (Å²) in [6.45, 7) is 3.83. The van der Waals surface area contributed by atoms with Crippen molar-refractivity contribution >= 4 is 34.5 Å². The number of aromatic nitrogens is 1. The highest BCUT2D eigenvalue weighted by atomic mass is 35.5. The number of amides is 1. The van der Waals surface area contributed by atoms with Gasteiger partial charge in [0.05, 0.1) is 5.51 Å². The number of halogens is 1. The van der Waals surface area contributed by atoms with Gasteiger partial charge in [-0.2, -0.15) is 0 Å². The molecule has 0 aliphatic rings. The molecule has 0 saturated carbocycles. The first-order valence-corrected chi connectivity index (χ1v) is 7.26. The first-order chi connectivity index (χ1) is 9.06. The molecule has 1 N–H and O–H groups in total. The second-order valence-electron chi connectivity index (χ2n) is 4.53. The minimum atomic E-state index is -0.0866. The summed E-state index contributed by atoms with van der Waals surface area (Å²) < 4.78 is 0. The van der Waals surface area contributed by atoms with E-state index >= 15 is 0 Å². The number of hydrogen-bond acceptors (Lipinski definition) is 3. The lowest BCUT2D eigenvalue weighted by Gasteiger charge is -2.12. The van der Waals surface area contributed by atoms with Crippen molar-refractivity contribution in [1.82, 2.24) is 4.98 Å². The Kier molecular flexibility index (Phi) is 4.56. The van der Waals surface area contributed by atoms with Crippen LogP contribution in [0.2, 0.25) is 5.02 Å². The number of carbonyl (C=O) groups is 1. The average molecular weight is 295 g/mol. The minimum absolute atomic E-state index is 0.00937. The van der Waals surface area contributed by atoms with Gasteiger partial charge in [0.25, 0.3) is 0 Å². The van der Waals surface area contributed by atoms with Crippen LogP contribution in [0.3, 0.4) is 0 Å². The maximum absolute atomic E-state index is 12.1. The van der Waals surface area contributed by atoms with Crippen LogP contribution in [0.15, 0.2) is 29.9 Å². The van der Waals surface area contributed by atoms with Gasteiger partial charge in [0.1, 0.15) is 0 Å². The van der Waals surface area contributed by atoms with Crippen LogP contribution in [0.4, 0.5) is 5.69 Å². The number of benzene rings is 1. The normalized spacial score (nSPS) is 12.2. The zero-order valence-electron chi connectivity index (χ0n) is 10.8. The summed E-state index contributed by atoms with van der Waals surface area (Å²) in [6.07, 6.45) is 2.52. The highest BCUT2D eigenvalue weighted by Gasteiger charge is 2.14. The number of aryl methyl sites for hydroxylation is 1. The van der Waals surface area contributed by atoms with Crippen LogP contribution in [-0.2, 0) is 11.2 Å². The number of anilines is 1. The molecule has 1 amide bonds. The summed E-state index contributed by atoms with van der Waals surface area (Å²) >= 11 is 7.53. The predicted molar refractivity (Wildman–Crippen MR) is 79.8 cm³/mol. The fourth-order valence-electron chi connectivity index (χ4n) is 1.73. The molecule has 1 heterocycles. The van der Waals surface area contributed by atoms with Gasteiger partial charge in [0, 0.05) is 27.7 Å². The highest BCUT2D eigenvalue weighted by molar-refractivity contribution is 7.09. The van der Waals surface area contributed by atoms with Gasteiger partial charge in [0.15, 0.2) is 0 Å². The highest BCUT2D eigenvalue weighted by Crippen LogP contribution is 2.20. The van der Waals surface area contributed by atoms with Gasteiger partial charge in [-0.05, 0) is 37.1 Å². The Morgan fingerprint density at radius 3 is 2.95 bits per heavy atom. The monoisotopic (exact) mass is 294 g/mol. The third kappa shape index (κ3) is 3.78. The van der Waals surface area contributed by atoms with E-state index in [9.17, 15) is 4.79 Å². The molecular formula is C14H15ClN2OS. The van der Waals surface area contributed by atoms with E-state index in [4.69, 9.17) is 11.6 Å². The van der Waals surface area contributed by atoms with Gasteiger partial charge >= 0.3 is 0 Å². The van der Waals surface area contributed by atoms with Crippen molar-refractivity contribution in [3.63, 3.8) is 0 Å². The number of nitrogens with one attached hydrogen (secondary N) is 1. The van der Waals surface area contributed by atoms with Crippen molar-refractivity contribution in [1.29, 1.82) is 0 Å². The maximum Gasteiger partial charge on any atom is 0.227 e. The molecule has 0 radical (unpaired) electrons. The molecule has 1 aromatic heterocycles. The molecule has 0 unspecified atom stereocenters. The zero-order chi connectivity index (χ0) is 13.8. The van der Waals surface area contributed by atoms with Gasteiger partial charge in [0.2, 0.25) is 5.91 Å². The second kappa shape index (κ2) is 6.17. The van der Waals surface area contributed by atoms with Gasteiger partial charge in [-0.25, -0.2) is 0 Å². The van der Waals surface area contributed by atoms with Gasteiger partial charge < -0.3 is 5.32 Å². The van der Waals surface area contributed by atoms with Crippen LogP contribution >= 0.6 is 22.9 Å². The quantitative estimate of drug-likeness (QED) is 0.928. The number of thiazole rings is 1. The van der Waals surface area contributed by atoms with E-state index in [1.807, 2.05) is 26.0 Å². The van der Waals surface area contributed by atoms with E-state index in [1.165, 1.54) is 0 Å². The largest absolute Gasteiger partial charge is 0.326 e. The van der Waals surface area contributed by atoms with Crippen molar-refractivity contribution in [2.45, 2.75) is 20.3 Å². The lowest BCUT2D eigenvalue weighted by Crippen LogP contribution is -2.21. The van der Waals surface area contributed by atoms with E-state index < -0.39 is 0 Å². The lowest BCUT2D eigenvalue weighted by molar-refractivity contribution is -0.119. The van der Waals surface area contributed by atoms with Crippen molar-refractivity contribution in [3.8, 4) is 0 Å². The molecule has 1 aromatic carbocycles. The third-order valence-corrected chi connectivity index (χ3v) is 4.09. The van der Waals surface area contributed by atoms with Crippen LogP contribution in [0.25, 0.3) is 0 Å². The Labute approximate surface area is 121 Å². The molecule has 5 heteroatoms. The smallest absolute Gasteiger partial charge is 0.227 e. The van der Waals surface area contributed by atoms with Crippen LogP contribution in [0.5, 0.6) is 0 Å². The first kappa shape index (κ1) is 14.0. The van der Waals surface area contributed by atoms with Crippen molar-refractivity contribution in [2.75, 3.05) is 5.32 Å². The van der Waals surface area contributed by atoms with Crippen LogP contribution in [-0.4, -0.2) is 10.9 Å². The Hall–Kier alpha value is -1.39. The summed E-state index contributed by atoms with van der Waals surface area (Å²) in [5.41, 5.74) is 3.51. The molecule has 0 fully saturated rings. The fourth-order valence-corrected chi connectivity index (χ4v) is 2.57. The summed E-state index contributed by atoms with van der Waals surface area (Å²) in [7, 11) is 0. The molecule has 0 saturated heterocycles. The molecule has 0 aliphatic heterocycles. The predicted octanol–water partition coefficient (Wildman–Crippen LogP) is 3.92. The topological polar surface area (TPSA) is 42.0 Å². The van der Waals surface area contributed by atoms with E-state index in [2.05, 4.69) is 10.3 Å². The summed E-state index contributed by atoms with van der Waals surface area (Å²) in [4.78, 5) is 17.2. The lowest BCUT2D eigenvalue weighted by atomic mass is 10.1. The van der Waals surface area contributed by atoms with Crippen LogP contribution in [0.1, 0.15) is 17.4 Å². The van der Waals surface area contributed by atoms with E-state index in [0.29, 0.717) is 11.4 Å². The summed E-state index contributed by atoms with van der Waals surface area (Å²) in [6, 6.07) is 5.48. The number of carbonyl (C=O) groups excluding carboxylic acids is 1. The van der Waals surface area contributed by atoms with Crippen LogP contribution < -0.4 is 5.32 Å². The second-order valence-corrected chi connectivity index (χ2v) is 5.90. The van der Waals surface area contributed by atoms with Gasteiger partial charge in [-0.3, -0.25) is 9.78 Å². The summed E-state index contributed by atoms with van der Waals surface area (Å²) in [5.74, 6) is -0.0773. The molecule has 0 spiro atoms. The third-order valence-electron chi connectivity index (χ3n) is 2.86. The van der Waals surface area contributed by atoms with Crippen molar-refractivity contribution in [2.24, 2.45) is 5.92 Å². The zero-order valence-corrected chi connectivity index (χ0v) is 12.4. The molecule has 2 aromatic rings. The molecule has 100 valence electrons.